The minimum absolute atomic E-state index is 0.0744. The molecule has 2 atom stereocenters. The first-order valence-corrected chi connectivity index (χ1v) is 12.2. The van der Waals surface area contributed by atoms with Crippen LogP contribution >= 0.6 is 0 Å². The molecule has 168 valence electrons. The predicted molar refractivity (Wildman–Crippen MR) is 131 cm³/mol. The lowest BCUT2D eigenvalue weighted by atomic mass is 9.80. The van der Waals surface area contributed by atoms with Gasteiger partial charge in [0.2, 0.25) is 0 Å². The standard InChI is InChI=1S/C28H27NO3S/c1-22-17-19-26(20-18-22)33(30,31)32-28(29,25-15-9-4-10-16-25)27(24-13-7-3-8-14-24)21-23-11-5-2-6-12-23/h2-20,27H,21,29H2,1H3. The lowest BCUT2D eigenvalue weighted by molar-refractivity contribution is 0.0489. The number of nitrogens with two attached hydrogens (primary N) is 1. The van der Waals surface area contributed by atoms with Crippen molar-refractivity contribution in [2.24, 2.45) is 5.73 Å². The number of aryl methyl sites for hydroxylation is 1. The van der Waals surface area contributed by atoms with Gasteiger partial charge in [0.05, 0.1) is 4.90 Å². The Balaban J connectivity index is 1.85. The molecule has 4 aromatic carbocycles. The number of benzene rings is 4. The zero-order chi connectivity index (χ0) is 23.3. The second-order valence-electron chi connectivity index (χ2n) is 8.16. The van der Waals surface area contributed by atoms with Crippen molar-refractivity contribution in [3.63, 3.8) is 0 Å². The average Bonchev–Trinajstić information content (AvgIpc) is 2.84. The van der Waals surface area contributed by atoms with Crippen LogP contribution in [0, 0.1) is 6.92 Å². The van der Waals surface area contributed by atoms with Crippen LogP contribution in [0.3, 0.4) is 0 Å². The molecule has 0 heterocycles. The van der Waals surface area contributed by atoms with E-state index in [1.165, 1.54) is 0 Å². The molecule has 0 fully saturated rings. The van der Waals surface area contributed by atoms with E-state index in [-0.39, 0.29) is 4.90 Å². The lowest BCUT2D eigenvalue weighted by Gasteiger charge is -2.37. The summed E-state index contributed by atoms with van der Waals surface area (Å²) in [6, 6.07) is 35.3. The maximum Gasteiger partial charge on any atom is 0.299 e. The molecule has 5 heteroatoms. The van der Waals surface area contributed by atoms with Crippen molar-refractivity contribution in [1.82, 2.24) is 0 Å². The highest BCUT2D eigenvalue weighted by Gasteiger charge is 2.43. The molecular weight excluding hydrogens is 430 g/mol. The molecule has 0 saturated carbocycles. The van der Waals surface area contributed by atoms with E-state index < -0.39 is 21.8 Å². The van der Waals surface area contributed by atoms with Crippen molar-refractivity contribution in [2.45, 2.75) is 29.9 Å². The van der Waals surface area contributed by atoms with Crippen molar-refractivity contribution in [3.8, 4) is 0 Å². The third-order valence-electron chi connectivity index (χ3n) is 5.78. The van der Waals surface area contributed by atoms with E-state index >= 15 is 0 Å². The summed E-state index contributed by atoms with van der Waals surface area (Å²) in [5.74, 6) is -0.469. The average molecular weight is 458 g/mol. The molecule has 0 aromatic heterocycles. The largest absolute Gasteiger partial charge is 0.299 e. The van der Waals surface area contributed by atoms with E-state index in [0.717, 1.165) is 16.7 Å². The van der Waals surface area contributed by atoms with Gasteiger partial charge in [-0.25, -0.2) is 4.18 Å². The fourth-order valence-electron chi connectivity index (χ4n) is 3.99. The summed E-state index contributed by atoms with van der Waals surface area (Å²) < 4.78 is 32.8. The summed E-state index contributed by atoms with van der Waals surface area (Å²) in [6.07, 6.45) is 0.500. The molecule has 0 spiro atoms. The third-order valence-corrected chi connectivity index (χ3v) is 7.13. The first-order chi connectivity index (χ1) is 15.9. The molecule has 2 unspecified atom stereocenters. The van der Waals surface area contributed by atoms with Crippen LogP contribution in [0.25, 0.3) is 0 Å². The van der Waals surface area contributed by atoms with Gasteiger partial charge < -0.3 is 0 Å². The minimum Gasteiger partial charge on any atom is -0.298 e. The summed E-state index contributed by atoms with van der Waals surface area (Å²) >= 11 is 0. The fourth-order valence-corrected chi connectivity index (χ4v) is 5.13. The summed E-state index contributed by atoms with van der Waals surface area (Å²) in [4.78, 5) is 0.0744. The van der Waals surface area contributed by atoms with E-state index in [4.69, 9.17) is 9.92 Å². The van der Waals surface area contributed by atoms with Crippen molar-refractivity contribution in [2.75, 3.05) is 0 Å². The lowest BCUT2D eigenvalue weighted by Crippen LogP contribution is -2.47. The molecule has 4 rings (SSSR count). The van der Waals surface area contributed by atoms with E-state index in [1.807, 2.05) is 97.9 Å². The summed E-state index contributed by atoms with van der Waals surface area (Å²) in [5, 5.41) is 0. The molecule has 4 nitrogen and oxygen atoms in total. The zero-order valence-electron chi connectivity index (χ0n) is 18.5. The highest BCUT2D eigenvalue weighted by molar-refractivity contribution is 7.86. The van der Waals surface area contributed by atoms with Crippen molar-refractivity contribution in [3.05, 3.63) is 138 Å². The van der Waals surface area contributed by atoms with E-state index in [1.54, 1.807) is 24.3 Å². The molecule has 0 amide bonds. The van der Waals surface area contributed by atoms with Gasteiger partial charge in [0, 0.05) is 11.5 Å². The fraction of sp³-hybridized carbons (Fsp3) is 0.143. The molecule has 0 aliphatic heterocycles. The quantitative estimate of drug-likeness (QED) is 0.279. The van der Waals surface area contributed by atoms with Gasteiger partial charge in [0.15, 0.2) is 5.72 Å². The first kappa shape index (κ1) is 22.9. The second-order valence-corrected chi connectivity index (χ2v) is 9.71. The number of rotatable bonds is 8. The first-order valence-electron chi connectivity index (χ1n) is 10.8. The van der Waals surface area contributed by atoms with Gasteiger partial charge in [-0.15, -0.1) is 0 Å². The Hall–Kier alpha value is -3.25. The van der Waals surface area contributed by atoms with Crippen LogP contribution in [0.15, 0.2) is 120 Å². The Morgan fingerprint density at radius 3 is 1.85 bits per heavy atom. The van der Waals surface area contributed by atoms with Crippen LogP contribution in [0.1, 0.15) is 28.2 Å². The van der Waals surface area contributed by atoms with Gasteiger partial charge in [-0.3, -0.25) is 5.73 Å². The zero-order valence-corrected chi connectivity index (χ0v) is 19.3. The highest BCUT2D eigenvalue weighted by atomic mass is 32.2. The summed E-state index contributed by atoms with van der Waals surface area (Å²) in [6.45, 7) is 1.90. The molecule has 0 bridgehead atoms. The van der Waals surface area contributed by atoms with Gasteiger partial charge >= 0.3 is 0 Å². The van der Waals surface area contributed by atoms with E-state index in [9.17, 15) is 8.42 Å². The van der Waals surface area contributed by atoms with Crippen molar-refractivity contribution >= 4 is 10.1 Å². The van der Waals surface area contributed by atoms with Crippen molar-refractivity contribution < 1.29 is 12.6 Å². The number of hydrogen-bond donors (Lipinski definition) is 1. The molecule has 0 aliphatic rings. The maximum atomic E-state index is 13.4. The van der Waals surface area contributed by atoms with Crippen LogP contribution in [-0.2, 0) is 26.4 Å². The smallest absolute Gasteiger partial charge is 0.298 e. The molecular formula is C28H27NO3S. The van der Waals surface area contributed by atoms with Gasteiger partial charge in [-0.05, 0) is 36.6 Å². The Labute approximate surface area is 195 Å². The molecule has 4 aromatic rings. The van der Waals surface area contributed by atoms with Gasteiger partial charge in [0.1, 0.15) is 0 Å². The summed E-state index contributed by atoms with van der Waals surface area (Å²) in [5.41, 5.74) is 8.84. The van der Waals surface area contributed by atoms with Crippen LogP contribution in [0.2, 0.25) is 0 Å². The van der Waals surface area contributed by atoms with E-state index in [0.29, 0.717) is 12.0 Å². The maximum absolute atomic E-state index is 13.4. The highest BCUT2D eigenvalue weighted by Crippen LogP contribution is 2.40. The Morgan fingerprint density at radius 1 is 0.758 bits per heavy atom. The SMILES string of the molecule is Cc1ccc(S(=O)(=O)OC(N)(c2ccccc2)C(Cc2ccccc2)c2ccccc2)cc1. The number of hydrogen-bond acceptors (Lipinski definition) is 4. The minimum atomic E-state index is -4.15. The Morgan fingerprint density at radius 2 is 1.27 bits per heavy atom. The molecule has 0 aliphatic carbocycles. The van der Waals surface area contributed by atoms with Crippen LogP contribution in [-0.4, -0.2) is 8.42 Å². The third kappa shape index (κ3) is 5.22. The Kier molecular flexibility index (Phi) is 6.75. The summed E-state index contributed by atoms with van der Waals surface area (Å²) in [7, 11) is -4.15. The molecule has 0 radical (unpaired) electrons. The normalized spacial score (nSPS) is 14.4. The molecule has 33 heavy (non-hydrogen) atoms. The Bertz CT molecular complexity index is 1280. The second kappa shape index (κ2) is 9.71. The van der Waals surface area contributed by atoms with Gasteiger partial charge in [-0.1, -0.05) is 109 Å². The monoisotopic (exact) mass is 457 g/mol. The predicted octanol–water partition coefficient (Wildman–Crippen LogP) is 5.54. The topological polar surface area (TPSA) is 69.4 Å². The van der Waals surface area contributed by atoms with Crippen LogP contribution in [0.4, 0.5) is 0 Å². The van der Waals surface area contributed by atoms with E-state index in [2.05, 4.69) is 0 Å². The van der Waals surface area contributed by atoms with Gasteiger partial charge in [-0.2, -0.15) is 8.42 Å². The van der Waals surface area contributed by atoms with Crippen LogP contribution in [0.5, 0.6) is 0 Å². The molecule has 0 saturated heterocycles. The molecule has 2 N–H and O–H groups in total. The van der Waals surface area contributed by atoms with Crippen LogP contribution < -0.4 is 5.73 Å². The van der Waals surface area contributed by atoms with Gasteiger partial charge in [0.25, 0.3) is 10.1 Å². The van der Waals surface area contributed by atoms with Crippen molar-refractivity contribution in [1.29, 1.82) is 0 Å².